The molecule has 5 aromatic rings. The number of pyridine rings is 1. The monoisotopic (exact) mass is 425 g/mol. The Hall–Kier alpha value is -3.77. The molecule has 3 heterocycles. The van der Waals surface area contributed by atoms with E-state index >= 15 is 0 Å². The predicted octanol–water partition coefficient (Wildman–Crippen LogP) is 5.99. The van der Waals surface area contributed by atoms with Gasteiger partial charge in [-0.2, -0.15) is 0 Å². The lowest BCUT2D eigenvalue weighted by molar-refractivity contribution is 0.0520. The van der Waals surface area contributed by atoms with Crippen molar-refractivity contribution in [2.24, 2.45) is 0 Å². The van der Waals surface area contributed by atoms with Crippen molar-refractivity contribution in [2.45, 2.75) is 6.92 Å². The minimum Gasteiger partial charge on any atom is -0.461 e. The first kappa shape index (κ1) is 19.2. The zero-order chi connectivity index (χ0) is 21.2. The summed E-state index contributed by atoms with van der Waals surface area (Å²) in [5, 5.41) is 3.43. The highest BCUT2D eigenvalue weighted by atomic mass is 32.1. The molecule has 0 spiro atoms. The third-order valence-corrected chi connectivity index (χ3v) is 5.87. The Bertz CT molecular complexity index is 1370. The summed E-state index contributed by atoms with van der Waals surface area (Å²) in [4.78, 5) is 21.1. The lowest BCUT2D eigenvalue weighted by Crippen LogP contribution is -2.05. The molecule has 0 fully saturated rings. The maximum absolute atomic E-state index is 12.0. The van der Waals surface area contributed by atoms with Crippen molar-refractivity contribution in [3.05, 3.63) is 90.2 Å². The highest BCUT2D eigenvalue weighted by Gasteiger charge is 2.17. The first-order valence-electron chi connectivity index (χ1n) is 9.99. The van der Waals surface area contributed by atoms with Gasteiger partial charge in [0, 0.05) is 28.7 Å². The van der Waals surface area contributed by atoms with Gasteiger partial charge < -0.3 is 4.74 Å². The molecule has 31 heavy (non-hydrogen) atoms. The summed E-state index contributed by atoms with van der Waals surface area (Å²) in [7, 11) is 0. The standard InChI is InChI=1S/C25H19N3O2S/c1-2-30-24(29)22-16-31-25(27-22)28-15-21(20-12-7-13-26-23(20)28)19-11-6-10-18(14-19)17-8-4-3-5-9-17/h3-16H,2H2,1H3. The molecule has 0 N–H and O–H groups in total. The van der Waals surface area contributed by atoms with Gasteiger partial charge in [0.25, 0.3) is 0 Å². The molecule has 6 heteroatoms. The molecular weight excluding hydrogens is 406 g/mol. The van der Waals surface area contributed by atoms with Crippen LogP contribution in [0.2, 0.25) is 0 Å². The van der Waals surface area contributed by atoms with Gasteiger partial charge in [-0.3, -0.25) is 4.57 Å². The second kappa shape index (κ2) is 8.16. The van der Waals surface area contributed by atoms with Crippen LogP contribution in [-0.4, -0.2) is 27.1 Å². The fourth-order valence-electron chi connectivity index (χ4n) is 3.61. The Morgan fingerprint density at radius 1 is 1.00 bits per heavy atom. The van der Waals surface area contributed by atoms with Crippen LogP contribution in [0.3, 0.4) is 0 Å². The average molecular weight is 426 g/mol. The van der Waals surface area contributed by atoms with Crippen LogP contribution in [0.25, 0.3) is 38.4 Å². The Labute approximate surface area is 183 Å². The molecule has 5 rings (SSSR count). The number of nitrogens with zero attached hydrogens (tertiary/aromatic N) is 3. The summed E-state index contributed by atoms with van der Waals surface area (Å²) in [6, 6.07) is 22.8. The van der Waals surface area contributed by atoms with E-state index in [9.17, 15) is 4.79 Å². The van der Waals surface area contributed by atoms with Gasteiger partial charge in [-0.15, -0.1) is 11.3 Å². The number of esters is 1. The summed E-state index contributed by atoms with van der Waals surface area (Å²) in [6.45, 7) is 2.10. The molecule has 0 radical (unpaired) electrons. The fraction of sp³-hybridized carbons (Fsp3) is 0.0800. The molecule has 0 atom stereocenters. The van der Waals surface area contributed by atoms with E-state index < -0.39 is 5.97 Å². The zero-order valence-electron chi connectivity index (χ0n) is 16.9. The maximum Gasteiger partial charge on any atom is 0.357 e. The number of carbonyl (C=O) groups is 1. The Morgan fingerprint density at radius 2 is 1.81 bits per heavy atom. The molecular formula is C25H19N3O2S. The van der Waals surface area contributed by atoms with E-state index in [1.807, 2.05) is 35.0 Å². The van der Waals surface area contributed by atoms with Crippen LogP contribution in [0.1, 0.15) is 17.4 Å². The number of benzene rings is 2. The SMILES string of the molecule is CCOC(=O)c1csc(-n2cc(-c3cccc(-c4ccccc4)c3)c3cccnc32)n1. The van der Waals surface area contributed by atoms with E-state index in [1.54, 1.807) is 18.5 Å². The normalized spacial score (nSPS) is 11.0. The number of thiazole rings is 1. The van der Waals surface area contributed by atoms with Crippen molar-refractivity contribution in [3.8, 4) is 27.4 Å². The first-order valence-corrected chi connectivity index (χ1v) is 10.9. The minimum absolute atomic E-state index is 0.312. The summed E-state index contributed by atoms with van der Waals surface area (Å²) in [6.07, 6.45) is 3.80. The summed E-state index contributed by atoms with van der Waals surface area (Å²) < 4.78 is 7.01. The summed E-state index contributed by atoms with van der Waals surface area (Å²) >= 11 is 1.39. The smallest absolute Gasteiger partial charge is 0.357 e. The van der Waals surface area contributed by atoms with Crippen LogP contribution in [0.5, 0.6) is 0 Å². The van der Waals surface area contributed by atoms with Gasteiger partial charge in [0.15, 0.2) is 10.8 Å². The molecule has 152 valence electrons. The van der Waals surface area contributed by atoms with Crippen molar-refractivity contribution < 1.29 is 9.53 Å². The Kier molecular flexibility index (Phi) is 5.06. The summed E-state index contributed by atoms with van der Waals surface area (Å²) in [5.41, 5.74) is 5.60. The van der Waals surface area contributed by atoms with Crippen molar-refractivity contribution >= 4 is 28.3 Å². The van der Waals surface area contributed by atoms with Crippen LogP contribution in [0, 0.1) is 0 Å². The number of fused-ring (bicyclic) bond motifs is 1. The Morgan fingerprint density at radius 3 is 2.65 bits per heavy atom. The van der Waals surface area contributed by atoms with E-state index in [-0.39, 0.29) is 0 Å². The first-order chi connectivity index (χ1) is 15.2. The summed E-state index contributed by atoms with van der Waals surface area (Å²) in [5.74, 6) is -0.412. The lowest BCUT2D eigenvalue weighted by Gasteiger charge is -2.05. The number of hydrogen-bond donors (Lipinski definition) is 0. The van der Waals surface area contributed by atoms with Crippen molar-refractivity contribution in [2.75, 3.05) is 6.61 Å². The van der Waals surface area contributed by atoms with Crippen LogP contribution >= 0.6 is 11.3 Å². The fourth-order valence-corrected chi connectivity index (χ4v) is 4.38. The van der Waals surface area contributed by atoms with Crippen molar-refractivity contribution in [3.63, 3.8) is 0 Å². The van der Waals surface area contributed by atoms with Crippen LogP contribution in [0.4, 0.5) is 0 Å². The minimum atomic E-state index is -0.412. The van der Waals surface area contributed by atoms with Gasteiger partial charge in [-0.05, 0) is 41.8 Å². The second-order valence-electron chi connectivity index (χ2n) is 6.97. The molecule has 0 aliphatic carbocycles. The third-order valence-electron chi connectivity index (χ3n) is 5.03. The van der Waals surface area contributed by atoms with Crippen LogP contribution < -0.4 is 0 Å². The lowest BCUT2D eigenvalue weighted by atomic mass is 9.99. The van der Waals surface area contributed by atoms with Crippen LogP contribution in [0.15, 0.2) is 84.5 Å². The molecule has 0 amide bonds. The van der Waals surface area contributed by atoms with Crippen molar-refractivity contribution in [1.29, 1.82) is 0 Å². The molecule has 2 aromatic carbocycles. The topological polar surface area (TPSA) is 57.0 Å². The Balaban J connectivity index is 1.62. The molecule has 0 saturated carbocycles. The quantitative estimate of drug-likeness (QED) is 0.324. The highest BCUT2D eigenvalue weighted by molar-refractivity contribution is 7.12. The number of carbonyl (C=O) groups excluding carboxylic acids is 1. The molecule has 0 saturated heterocycles. The predicted molar refractivity (Wildman–Crippen MR) is 124 cm³/mol. The molecule has 0 aliphatic rings. The van der Waals surface area contributed by atoms with E-state index in [4.69, 9.17) is 4.74 Å². The van der Waals surface area contributed by atoms with E-state index in [2.05, 4.69) is 52.4 Å². The van der Waals surface area contributed by atoms with Gasteiger partial charge in [0.2, 0.25) is 0 Å². The van der Waals surface area contributed by atoms with Gasteiger partial charge in [-0.25, -0.2) is 14.8 Å². The maximum atomic E-state index is 12.0. The molecule has 5 nitrogen and oxygen atoms in total. The van der Waals surface area contributed by atoms with E-state index in [0.29, 0.717) is 17.4 Å². The van der Waals surface area contributed by atoms with Gasteiger partial charge >= 0.3 is 5.97 Å². The number of aromatic nitrogens is 3. The number of hydrogen-bond acceptors (Lipinski definition) is 5. The van der Waals surface area contributed by atoms with Crippen molar-refractivity contribution in [1.82, 2.24) is 14.5 Å². The highest BCUT2D eigenvalue weighted by Crippen LogP contribution is 2.34. The van der Waals surface area contributed by atoms with Gasteiger partial charge in [0.05, 0.1) is 6.61 Å². The molecule has 3 aromatic heterocycles. The molecule has 0 unspecified atom stereocenters. The number of rotatable bonds is 5. The number of ether oxygens (including phenoxy) is 1. The third kappa shape index (κ3) is 3.62. The van der Waals surface area contributed by atoms with Gasteiger partial charge in [0.1, 0.15) is 5.65 Å². The van der Waals surface area contributed by atoms with Crippen LogP contribution in [-0.2, 0) is 4.74 Å². The second-order valence-corrected chi connectivity index (χ2v) is 7.81. The van der Waals surface area contributed by atoms with E-state index in [0.717, 1.165) is 27.7 Å². The average Bonchev–Trinajstić information content (AvgIpc) is 3.45. The van der Waals surface area contributed by atoms with Gasteiger partial charge in [-0.1, -0.05) is 48.5 Å². The van der Waals surface area contributed by atoms with E-state index in [1.165, 1.54) is 16.9 Å². The zero-order valence-corrected chi connectivity index (χ0v) is 17.7. The molecule has 0 bridgehead atoms. The molecule has 0 aliphatic heterocycles. The largest absolute Gasteiger partial charge is 0.461 e.